The summed E-state index contributed by atoms with van der Waals surface area (Å²) in [5.41, 5.74) is 0. The van der Waals surface area contributed by atoms with Gasteiger partial charge in [-0.05, 0) is 0 Å². The van der Waals surface area contributed by atoms with Crippen molar-refractivity contribution in [1.29, 1.82) is 0 Å². The van der Waals surface area contributed by atoms with Gasteiger partial charge in [0.2, 0.25) is 5.91 Å². The third-order valence-electron chi connectivity index (χ3n) is 1.82. The number of nitrogens with zero attached hydrogens (tertiary/aromatic N) is 1. The Balaban J connectivity index is 0. The summed E-state index contributed by atoms with van der Waals surface area (Å²) in [6, 6.07) is -0.809. The van der Waals surface area contributed by atoms with Crippen LogP contribution in [0.4, 0.5) is 0 Å². The van der Waals surface area contributed by atoms with E-state index in [0.29, 0.717) is 13.2 Å². The van der Waals surface area contributed by atoms with Crippen molar-refractivity contribution in [3.8, 4) is 0 Å². The lowest BCUT2D eigenvalue weighted by Gasteiger charge is -2.31. The number of hydrogen-bond donors (Lipinski definition) is 1. The molecule has 0 bridgehead atoms. The van der Waals surface area contributed by atoms with Gasteiger partial charge in [0.15, 0.2) is 6.04 Å². The minimum Gasteiger partial charge on any atom is -0.480 e. The van der Waals surface area contributed by atoms with E-state index >= 15 is 0 Å². The van der Waals surface area contributed by atoms with E-state index in [2.05, 4.69) is 0 Å². The van der Waals surface area contributed by atoms with E-state index in [9.17, 15) is 9.59 Å². The van der Waals surface area contributed by atoms with Gasteiger partial charge in [0.1, 0.15) is 0 Å². The highest BCUT2D eigenvalue weighted by atomic mass is 16.5. The molecule has 1 atom stereocenters. The molecule has 1 aliphatic heterocycles. The van der Waals surface area contributed by atoms with E-state index in [1.54, 1.807) is 0 Å². The molecular formula is C11H23NO4. The van der Waals surface area contributed by atoms with E-state index < -0.39 is 12.0 Å². The number of rotatable bonds is 1. The summed E-state index contributed by atoms with van der Waals surface area (Å²) in [5.74, 6) is -1.23. The molecule has 5 nitrogen and oxygen atoms in total. The highest BCUT2D eigenvalue weighted by Crippen LogP contribution is 2.06. The minimum atomic E-state index is -1.01. The quantitative estimate of drug-likeness (QED) is 0.742. The fraction of sp³-hybridized carbons (Fsp3) is 0.818. The van der Waals surface area contributed by atoms with Gasteiger partial charge in [0, 0.05) is 13.5 Å². The Morgan fingerprint density at radius 2 is 1.75 bits per heavy atom. The molecule has 16 heavy (non-hydrogen) atoms. The van der Waals surface area contributed by atoms with Gasteiger partial charge < -0.3 is 14.7 Å². The number of morpholine rings is 1. The fourth-order valence-corrected chi connectivity index (χ4v) is 1.19. The molecule has 1 heterocycles. The number of ether oxygens (including phenoxy) is 1. The van der Waals surface area contributed by atoms with Crippen molar-refractivity contribution in [2.45, 2.75) is 40.7 Å². The summed E-state index contributed by atoms with van der Waals surface area (Å²) in [6.07, 6.45) is 0. The molecule has 1 aliphatic rings. The molecule has 5 heteroatoms. The van der Waals surface area contributed by atoms with E-state index in [1.807, 2.05) is 27.7 Å². The van der Waals surface area contributed by atoms with Crippen LogP contribution in [0.1, 0.15) is 34.6 Å². The molecule has 0 aliphatic carbocycles. The second kappa shape index (κ2) is 10.4. The molecule has 1 amide bonds. The van der Waals surface area contributed by atoms with Crippen LogP contribution in [-0.2, 0) is 14.3 Å². The van der Waals surface area contributed by atoms with Crippen molar-refractivity contribution in [2.75, 3.05) is 19.8 Å². The number of carbonyl (C=O) groups is 2. The van der Waals surface area contributed by atoms with Gasteiger partial charge in [-0.25, -0.2) is 4.79 Å². The van der Waals surface area contributed by atoms with Crippen molar-refractivity contribution >= 4 is 11.9 Å². The summed E-state index contributed by atoms with van der Waals surface area (Å²) in [5, 5.41) is 8.68. The molecule has 0 saturated carbocycles. The largest absolute Gasteiger partial charge is 0.480 e. The molecule has 0 aromatic rings. The minimum absolute atomic E-state index is 0.0922. The topological polar surface area (TPSA) is 66.8 Å². The molecule has 0 radical (unpaired) electrons. The van der Waals surface area contributed by atoms with E-state index in [1.165, 1.54) is 11.8 Å². The summed E-state index contributed by atoms with van der Waals surface area (Å²) in [7, 11) is 0. The normalized spacial score (nSPS) is 18.6. The Kier molecular flexibility index (Phi) is 11.3. The molecule has 1 N–H and O–H groups in total. The Morgan fingerprint density at radius 1 is 1.25 bits per heavy atom. The van der Waals surface area contributed by atoms with Gasteiger partial charge in [-0.2, -0.15) is 0 Å². The summed E-state index contributed by atoms with van der Waals surface area (Å²) in [6.45, 7) is 10.2. The molecule has 0 spiro atoms. The van der Waals surface area contributed by atoms with Crippen LogP contribution in [0, 0.1) is 0 Å². The van der Waals surface area contributed by atoms with E-state index in [4.69, 9.17) is 9.84 Å². The number of carboxylic acid groups (broad SMARTS) is 1. The van der Waals surface area contributed by atoms with E-state index in [0.717, 1.165) is 0 Å². The standard InChI is InChI=1S/C7H11NO4.2C2H6/c1-5(9)8-2-3-12-4-6(8)7(10)11;2*1-2/h6H,2-4H2,1H3,(H,10,11);2*1-2H3. The monoisotopic (exact) mass is 233 g/mol. The van der Waals surface area contributed by atoms with Crippen molar-refractivity contribution in [2.24, 2.45) is 0 Å². The first-order valence-corrected chi connectivity index (χ1v) is 5.70. The zero-order chi connectivity index (χ0) is 13.1. The molecule has 0 aromatic heterocycles. The lowest BCUT2D eigenvalue weighted by atomic mass is 10.2. The lowest BCUT2D eigenvalue weighted by molar-refractivity contribution is -0.157. The van der Waals surface area contributed by atoms with Gasteiger partial charge in [-0.1, -0.05) is 27.7 Å². The van der Waals surface area contributed by atoms with Crippen LogP contribution in [0.5, 0.6) is 0 Å². The number of hydrogen-bond acceptors (Lipinski definition) is 3. The molecule has 1 fully saturated rings. The lowest BCUT2D eigenvalue weighted by Crippen LogP contribution is -2.51. The zero-order valence-electron chi connectivity index (χ0n) is 10.8. The number of aliphatic carboxylic acids is 1. The first-order chi connectivity index (χ1) is 7.63. The van der Waals surface area contributed by atoms with Gasteiger partial charge in [0.25, 0.3) is 0 Å². The van der Waals surface area contributed by atoms with Gasteiger partial charge in [-0.15, -0.1) is 0 Å². The highest BCUT2D eigenvalue weighted by molar-refractivity contribution is 5.82. The second-order valence-corrected chi connectivity index (χ2v) is 2.64. The van der Waals surface area contributed by atoms with Gasteiger partial charge >= 0.3 is 5.97 Å². The maximum atomic E-state index is 10.9. The first kappa shape index (κ1) is 17.3. The van der Waals surface area contributed by atoms with Crippen LogP contribution >= 0.6 is 0 Å². The maximum absolute atomic E-state index is 10.9. The van der Waals surface area contributed by atoms with Crippen molar-refractivity contribution in [3.63, 3.8) is 0 Å². The smallest absolute Gasteiger partial charge is 0.328 e. The first-order valence-electron chi connectivity index (χ1n) is 5.70. The van der Waals surface area contributed by atoms with Crippen LogP contribution in [0.15, 0.2) is 0 Å². The van der Waals surface area contributed by atoms with Gasteiger partial charge in [0.05, 0.1) is 13.2 Å². The zero-order valence-corrected chi connectivity index (χ0v) is 10.8. The predicted octanol–water partition coefficient (Wildman–Crippen LogP) is 1.37. The van der Waals surface area contributed by atoms with Crippen LogP contribution in [-0.4, -0.2) is 47.7 Å². The summed E-state index contributed by atoms with van der Waals surface area (Å²) in [4.78, 5) is 22.8. The van der Waals surface area contributed by atoms with Crippen LogP contribution in [0.3, 0.4) is 0 Å². The highest BCUT2D eigenvalue weighted by Gasteiger charge is 2.30. The Bertz CT molecular complexity index is 184. The number of carboxylic acids is 1. The van der Waals surface area contributed by atoms with Crippen molar-refractivity contribution < 1.29 is 19.4 Å². The van der Waals surface area contributed by atoms with Gasteiger partial charge in [-0.3, -0.25) is 4.79 Å². The van der Waals surface area contributed by atoms with Crippen LogP contribution in [0.2, 0.25) is 0 Å². The molecule has 1 unspecified atom stereocenters. The van der Waals surface area contributed by atoms with Crippen LogP contribution < -0.4 is 0 Å². The Labute approximate surface area is 97.4 Å². The van der Waals surface area contributed by atoms with Crippen molar-refractivity contribution in [1.82, 2.24) is 4.90 Å². The molecule has 0 aromatic carbocycles. The third kappa shape index (κ3) is 5.70. The second-order valence-electron chi connectivity index (χ2n) is 2.64. The molecule has 1 rings (SSSR count). The summed E-state index contributed by atoms with van der Waals surface area (Å²) >= 11 is 0. The van der Waals surface area contributed by atoms with Crippen molar-refractivity contribution in [3.05, 3.63) is 0 Å². The average molecular weight is 233 g/mol. The number of amides is 1. The third-order valence-corrected chi connectivity index (χ3v) is 1.82. The Morgan fingerprint density at radius 3 is 2.06 bits per heavy atom. The van der Waals surface area contributed by atoms with E-state index in [-0.39, 0.29) is 12.5 Å². The van der Waals surface area contributed by atoms with Crippen LogP contribution in [0.25, 0.3) is 0 Å². The molecule has 96 valence electrons. The Hall–Kier alpha value is -1.10. The molecule has 1 saturated heterocycles. The average Bonchev–Trinajstić information content (AvgIpc) is 2.34. The predicted molar refractivity (Wildman–Crippen MR) is 62.3 cm³/mol. The molecular weight excluding hydrogens is 210 g/mol. The fourth-order valence-electron chi connectivity index (χ4n) is 1.19. The SMILES string of the molecule is CC.CC.CC(=O)N1CCOCC1C(=O)O. The summed E-state index contributed by atoms with van der Waals surface area (Å²) < 4.78 is 4.95. The maximum Gasteiger partial charge on any atom is 0.328 e. The number of carbonyl (C=O) groups excluding carboxylic acids is 1.